The van der Waals surface area contributed by atoms with Crippen LogP contribution in [0.1, 0.15) is 29.0 Å². The number of nitrogens with one attached hydrogen (secondary N) is 2. The van der Waals surface area contributed by atoms with Crippen LogP contribution in [0.5, 0.6) is 0 Å². The molecule has 0 fully saturated rings. The van der Waals surface area contributed by atoms with E-state index in [9.17, 15) is 0 Å². The highest BCUT2D eigenvalue weighted by molar-refractivity contribution is 6.18. The molecule has 256 valence electrons. The zero-order valence-electron chi connectivity index (χ0n) is 29.0. The molecule has 2 atom stereocenters. The molecule has 0 saturated carbocycles. The van der Waals surface area contributed by atoms with Crippen molar-refractivity contribution in [2.75, 3.05) is 0 Å². The van der Waals surface area contributed by atoms with Crippen molar-refractivity contribution < 1.29 is 8.83 Å². The number of fused-ring (bicyclic) bond motifs is 7. The van der Waals surface area contributed by atoms with E-state index in [1.807, 2.05) is 60.8 Å². The van der Waals surface area contributed by atoms with Crippen LogP contribution in [-0.2, 0) is 0 Å². The van der Waals surface area contributed by atoms with Gasteiger partial charge in [-0.3, -0.25) is 10.3 Å². The van der Waals surface area contributed by atoms with Crippen LogP contribution in [0.15, 0.2) is 184 Å². The number of hydrogen-bond acceptors (Lipinski definition) is 6. The zero-order valence-corrected chi connectivity index (χ0v) is 29.0. The van der Waals surface area contributed by atoms with Crippen LogP contribution in [0.3, 0.4) is 0 Å². The first-order chi connectivity index (χ1) is 26.8. The molecule has 0 saturated heterocycles. The maximum Gasteiger partial charge on any atom is 0.162 e. The van der Waals surface area contributed by atoms with Gasteiger partial charge in [0.05, 0.1) is 0 Å². The second-order valence-corrected chi connectivity index (χ2v) is 13.8. The van der Waals surface area contributed by atoms with Crippen molar-refractivity contribution in [1.82, 2.24) is 15.6 Å². The molecule has 6 heteroatoms. The van der Waals surface area contributed by atoms with Crippen molar-refractivity contribution in [1.29, 1.82) is 0 Å². The van der Waals surface area contributed by atoms with Crippen molar-refractivity contribution in [3.8, 4) is 22.4 Å². The van der Waals surface area contributed by atoms with E-state index in [0.29, 0.717) is 0 Å². The van der Waals surface area contributed by atoms with Crippen molar-refractivity contribution in [3.05, 3.63) is 187 Å². The molecular weight excluding hydrogens is 665 g/mol. The fraction of sp³-hybridized carbons (Fsp3) is 0.0417. The number of para-hydroxylation sites is 1. The first-order valence-electron chi connectivity index (χ1n) is 18.2. The summed E-state index contributed by atoms with van der Waals surface area (Å²) in [6, 6.07) is 56.4. The van der Waals surface area contributed by atoms with E-state index in [1.54, 1.807) is 0 Å². The van der Waals surface area contributed by atoms with Gasteiger partial charge in [0.1, 0.15) is 40.6 Å². The van der Waals surface area contributed by atoms with Crippen molar-refractivity contribution >= 4 is 60.5 Å². The van der Waals surface area contributed by atoms with Gasteiger partial charge in [-0.2, -0.15) is 0 Å². The molecule has 2 N–H and O–H groups in total. The second kappa shape index (κ2) is 12.3. The Balaban J connectivity index is 1.12. The van der Waals surface area contributed by atoms with E-state index in [-0.39, 0.29) is 12.3 Å². The number of hydrogen-bond donors (Lipinski definition) is 2. The average molecular weight is 697 g/mol. The number of benzene rings is 7. The lowest BCUT2D eigenvalue weighted by Gasteiger charge is -2.33. The molecule has 6 nitrogen and oxygen atoms in total. The fourth-order valence-corrected chi connectivity index (χ4v) is 8.12. The van der Waals surface area contributed by atoms with Crippen LogP contribution in [0.25, 0.3) is 77.0 Å². The zero-order chi connectivity index (χ0) is 35.6. The molecule has 4 heterocycles. The molecule has 7 aromatic carbocycles. The molecule has 11 rings (SSSR count). The molecule has 0 aliphatic carbocycles. The van der Waals surface area contributed by atoms with Crippen LogP contribution in [0.4, 0.5) is 0 Å². The minimum Gasteiger partial charge on any atom is -0.456 e. The third kappa shape index (κ3) is 4.92. The van der Waals surface area contributed by atoms with Gasteiger partial charge in [-0.15, -0.1) is 0 Å². The summed E-state index contributed by atoms with van der Waals surface area (Å²) < 4.78 is 13.1. The lowest BCUT2D eigenvalue weighted by atomic mass is 9.93. The molecule has 10 aromatic rings. The first kappa shape index (κ1) is 30.6. The second-order valence-electron chi connectivity index (χ2n) is 13.8. The van der Waals surface area contributed by atoms with Crippen LogP contribution in [-0.4, -0.2) is 10.8 Å². The lowest BCUT2D eigenvalue weighted by molar-refractivity contribution is 0.411. The standard InChI is InChI=1S/C48H32N4O2/c1-3-14-29(15-4-1)44-45-43(37-26-31-18-7-8-19-32(31)27-41(37)54-45)38(28-49-44)33-20-9-10-21-34(33)47-50-46(30-16-5-2-6-17-30)51-48(52-47)36-23-13-25-40-42(36)35-22-11-12-24-39(35)53-40/h1-28,47-48,52H,(H,50,51). The van der Waals surface area contributed by atoms with Gasteiger partial charge in [0.2, 0.25) is 0 Å². The van der Waals surface area contributed by atoms with Crippen LogP contribution in [0.2, 0.25) is 0 Å². The van der Waals surface area contributed by atoms with E-state index in [2.05, 4.69) is 120 Å². The van der Waals surface area contributed by atoms with Gasteiger partial charge in [-0.25, -0.2) is 4.99 Å². The number of aliphatic imine (C=N–C) groups is 1. The Kier molecular flexibility index (Phi) is 6.97. The SMILES string of the molecule is c1ccc(C2=NC(c3cccc4oc5ccccc5c34)NC(c3ccccc3-c3cnc(-c4ccccc4)c4oc5cc6ccccc6cc5c34)N2)cc1. The molecule has 2 unspecified atom stereocenters. The van der Waals surface area contributed by atoms with Gasteiger partial charge in [0.15, 0.2) is 5.58 Å². The summed E-state index contributed by atoms with van der Waals surface area (Å²) in [5.74, 6) is 0.812. The maximum absolute atomic E-state index is 6.79. The number of aromatic nitrogens is 1. The predicted molar refractivity (Wildman–Crippen MR) is 218 cm³/mol. The van der Waals surface area contributed by atoms with Gasteiger partial charge in [0.25, 0.3) is 0 Å². The van der Waals surface area contributed by atoms with E-state index in [1.165, 1.54) is 0 Å². The molecule has 1 aliphatic heterocycles. The predicted octanol–water partition coefficient (Wildman–Crippen LogP) is 11.7. The summed E-state index contributed by atoms with van der Waals surface area (Å²) in [5, 5.41) is 14.2. The Labute approximate surface area is 310 Å². The number of nitrogens with zero attached hydrogens (tertiary/aromatic N) is 2. The van der Waals surface area contributed by atoms with Gasteiger partial charge >= 0.3 is 0 Å². The Bertz CT molecular complexity index is 3070. The van der Waals surface area contributed by atoms with E-state index < -0.39 is 0 Å². The summed E-state index contributed by atoms with van der Waals surface area (Å²) in [4.78, 5) is 10.4. The van der Waals surface area contributed by atoms with Crippen LogP contribution < -0.4 is 10.6 Å². The van der Waals surface area contributed by atoms with Gasteiger partial charge in [-0.1, -0.05) is 140 Å². The highest BCUT2D eigenvalue weighted by atomic mass is 16.3. The third-order valence-corrected chi connectivity index (χ3v) is 10.6. The number of furan rings is 2. The lowest BCUT2D eigenvalue weighted by Crippen LogP contribution is -2.45. The van der Waals surface area contributed by atoms with Gasteiger partial charge < -0.3 is 14.2 Å². The molecule has 1 aliphatic rings. The largest absolute Gasteiger partial charge is 0.456 e. The van der Waals surface area contributed by atoms with Crippen LogP contribution in [0, 0.1) is 0 Å². The summed E-state index contributed by atoms with van der Waals surface area (Å²) in [7, 11) is 0. The Morgan fingerprint density at radius 3 is 2.04 bits per heavy atom. The maximum atomic E-state index is 6.79. The summed E-state index contributed by atoms with van der Waals surface area (Å²) in [6.45, 7) is 0. The Hall–Kier alpha value is -7.02. The fourth-order valence-electron chi connectivity index (χ4n) is 8.12. The number of pyridine rings is 1. The Morgan fingerprint density at radius 1 is 0.500 bits per heavy atom. The first-order valence-corrected chi connectivity index (χ1v) is 18.2. The average Bonchev–Trinajstić information content (AvgIpc) is 3.81. The van der Waals surface area contributed by atoms with Gasteiger partial charge in [0, 0.05) is 50.0 Å². The normalized spacial score (nSPS) is 16.0. The quantitative estimate of drug-likeness (QED) is 0.187. The van der Waals surface area contributed by atoms with E-state index in [0.717, 1.165) is 99.6 Å². The van der Waals surface area contributed by atoms with Crippen molar-refractivity contribution in [3.63, 3.8) is 0 Å². The van der Waals surface area contributed by atoms with Crippen molar-refractivity contribution in [2.24, 2.45) is 4.99 Å². The summed E-state index contributed by atoms with van der Waals surface area (Å²) in [5.41, 5.74) is 10.3. The molecule has 0 radical (unpaired) electrons. The number of rotatable bonds is 5. The molecule has 0 amide bonds. The molecule has 0 spiro atoms. The molecule has 3 aromatic heterocycles. The monoisotopic (exact) mass is 696 g/mol. The van der Waals surface area contributed by atoms with Gasteiger partial charge in [-0.05, 0) is 46.2 Å². The minimum atomic E-state index is -0.371. The minimum absolute atomic E-state index is 0.310. The smallest absolute Gasteiger partial charge is 0.162 e. The Morgan fingerprint density at radius 2 is 1.19 bits per heavy atom. The highest BCUT2D eigenvalue weighted by Gasteiger charge is 2.30. The van der Waals surface area contributed by atoms with E-state index in [4.69, 9.17) is 18.8 Å². The summed E-state index contributed by atoms with van der Waals surface area (Å²) >= 11 is 0. The number of amidine groups is 1. The molecule has 54 heavy (non-hydrogen) atoms. The topological polar surface area (TPSA) is 75.6 Å². The van der Waals surface area contributed by atoms with E-state index >= 15 is 0 Å². The van der Waals surface area contributed by atoms with Crippen molar-refractivity contribution in [2.45, 2.75) is 12.3 Å². The van der Waals surface area contributed by atoms with Crippen LogP contribution >= 0.6 is 0 Å². The summed E-state index contributed by atoms with van der Waals surface area (Å²) in [6.07, 6.45) is 1.33. The highest BCUT2D eigenvalue weighted by Crippen LogP contribution is 2.44. The third-order valence-electron chi connectivity index (χ3n) is 10.6. The molecular formula is C48H32N4O2. The molecule has 0 bridgehead atoms.